The third-order valence-electron chi connectivity index (χ3n) is 5.36. The standard InChI is InChI=1S/C22H25N3O/c1-2-22(26)24-14-12-18(13-15-24)25-20-11-7-6-10-19(20)23-21(25)16-17-8-4-3-5-9-17/h3-11,18H,2,12-16H2,1H3. The zero-order valence-electron chi connectivity index (χ0n) is 15.3. The number of fused-ring (bicyclic) bond motifs is 1. The number of hydrogen-bond acceptors (Lipinski definition) is 2. The van der Waals surface area contributed by atoms with Crippen LogP contribution in [0.1, 0.15) is 43.6 Å². The Hall–Kier alpha value is -2.62. The van der Waals surface area contributed by atoms with Gasteiger partial charge in [0.25, 0.3) is 0 Å². The summed E-state index contributed by atoms with van der Waals surface area (Å²) in [4.78, 5) is 18.9. The number of likely N-dealkylation sites (tertiary alicyclic amines) is 1. The van der Waals surface area contributed by atoms with E-state index in [2.05, 4.69) is 53.1 Å². The fourth-order valence-corrected chi connectivity index (χ4v) is 4.00. The largest absolute Gasteiger partial charge is 0.343 e. The van der Waals surface area contributed by atoms with Gasteiger partial charge in [-0.05, 0) is 30.5 Å². The highest BCUT2D eigenvalue weighted by Crippen LogP contribution is 2.30. The Kier molecular flexibility index (Phi) is 4.74. The van der Waals surface area contributed by atoms with Crippen LogP contribution in [-0.2, 0) is 11.2 Å². The third kappa shape index (κ3) is 3.24. The minimum atomic E-state index is 0.267. The number of piperidine rings is 1. The summed E-state index contributed by atoms with van der Waals surface area (Å²) >= 11 is 0. The summed E-state index contributed by atoms with van der Waals surface area (Å²) in [7, 11) is 0. The number of para-hydroxylation sites is 2. The first-order valence-corrected chi connectivity index (χ1v) is 9.54. The second-order valence-electron chi connectivity index (χ2n) is 7.01. The van der Waals surface area contributed by atoms with E-state index < -0.39 is 0 Å². The number of rotatable bonds is 4. The molecule has 4 rings (SSSR count). The van der Waals surface area contributed by atoms with E-state index in [9.17, 15) is 4.79 Å². The topological polar surface area (TPSA) is 38.1 Å². The molecule has 1 amide bonds. The lowest BCUT2D eigenvalue weighted by atomic mass is 10.0. The van der Waals surface area contributed by atoms with Crippen molar-refractivity contribution in [3.63, 3.8) is 0 Å². The van der Waals surface area contributed by atoms with Crippen molar-refractivity contribution < 1.29 is 4.79 Å². The molecule has 0 spiro atoms. The van der Waals surface area contributed by atoms with E-state index in [0.29, 0.717) is 12.5 Å². The Morgan fingerprint density at radius 3 is 2.46 bits per heavy atom. The van der Waals surface area contributed by atoms with E-state index in [1.165, 1.54) is 11.1 Å². The molecule has 0 atom stereocenters. The molecule has 1 aliphatic heterocycles. The van der Waals surface area contributed by atoms with Crippen molar-refractivity contribution in [1.82, 2.24) is 14.5 Å². The lowest BCUT2D eigenvalue weighted by molar-refractivity contribution is -0.132. The van der Waals surface area contributed by atoms with Crippen molar-refractivity contribution in [3.05, 3.63) is 66.0 Å². The molecular formula is C22H25N3O. The predicted octanol–water partition coefficient (Wildman–Crippen LogP) is 4.20. The molecule has 1 fully saturated rings. The van der Waals surface area contributed by atoms with Gasteiger partial charge in [0.1, 0.15) is 5.82 Å². The number of carbonyl (C=O) groups excluding carboxylic acids is 1. The lowest BCUT2D eigenvalue weighted by Crippen LogP contribution is -2.38. The van der Waals surface area contributed by atoms with Gasteiger partial charge in [-0.25, -0.2) is 4.98 Å². The number of carbonyl (C=O) groups is 1. The molecule has 0 unspecified atom stereocenters. The summed E-state index contributed by atoms with van der Waals surface area (Å²) in [6, 6.07) is 19.3. The van der Waals surface area contributed by atoms with Crippen molar-refractivity contribution in [1.29, 1.82) is 0 Å². The van der Waals surface area contributed by atoms with E-state index in [0.717, 1.165) is 43.7 Å². The summed E-state index contributed by atoms with van der Waals surface area (Å²) in [6.07, 6.45) is 3.42. The maximum Gasteiger partial charge on any atom is 0.222 e. The van der Waals surface area contributed by atoms with Crippen LogP contribution in [-0.4, -0.2) is 33.4 Å². The zero-order chi connectivity index (χ0) is 17.9. The SMILES string of the molecule is CCC(=O)N1CCC(n2c(Cc3ccccc3)nc3ccccc32)CC1. The van der Waals surface area contributed by atoms with Gasteiger partial charge in [0.05, 0.1) is 11.0 Å². The van der Waals surface area contributed by atoms with Crippen molar-refractivity contribution in [3.8, 4) is 0 Å². The first kappa shape index (κ1) is 16.8. The number of imidazole rings is 1. The summed E-state index contributed by atoms with van der Waals surface area (Å²) in [5, 5.41) is 0. The second kappa shape index (κ2) is 7.32. The lowest BCUT2D eigenvalue weighted by Gasteiger charge is -2.33. The molecule has 1 aromatic heterocycles. The van der Waals surface area contributed by atoms with E-state index in [1.54, 1.807) is 0 Å². The number of nitrogens with zero attached hydrogens (tertiary/aromatic N) is 3. The monoisotopic (exact) mass is 347 g/mol. The first-order valence-electron chi connectivity index (χ1n) is 9.54. The molecule has 4 heteroatoms. The molecular weight excluding hydrogens is 322 g/mol. The van der Waals surface area contributed by atoms with Crippen LogP contribution < -0.4 is 0 Å². The van der Waals surface area contributed by atoms with E-state index in [-0.39, 0.29) is 5.91 Å². The van der Waals surface area contributed by atoms with Gasteiger partial charge in [-0.15, -0.1) is 0 Å². The molecule has 26 heavy (non-hydrogen) atoms. The Bertz CT molecular complexity index is 892. The van der Waals surface area contributed by atoms with Crippen LogP contribution in [0.3, 0.4) is 0 Å². The molecule has 1 saturated heterocycles. The third-order valence-corrected chi connectivity index (χ3v) is 5.36. The van der Waals surface area contributed by atoms with Gasteiger partial charge in [0, 0.05) is 32.0 Å². The Morgan fingerprint density at radius 2 is 1.73 bits per heavy atom. The average Bonchev–Trinajstić information content (AvgIpc) is 3.06. The van der Waals surface area contributed by atoms with Gasteiger partial charge in [-0.3, -0.25) is 4.79 Å². The summed E-state index contributed by atoms with van der Waals surface area (Å²) in [5.74, 6) is 1.39. The Morgan fingerprint density at radius 1 is 1.04 bits per heavy atom. The van der Waals surface area contributed by atoms with Crippen molar-refractivity contribution >= 4 is 16.9 Å². The minimum absolute atomic E-state index is 0.267. The maximum atomic E-state index is 12.0. The normalized spacial score (nSPS) is 15.5. The number of aromatic nitrogens is 2. The highest BCUT2D eigenvalue weighted by molar-refractivity contribution is 5.77. The molecule has 3 aromatic rings. The van der Waals surface area contributed by atoms with Crippen LogP contribution in [0.4, 0.5) is 0 Å². The molecule has 0 bridgehead atoms. The minimum Gasteiger partial charge on any atom is -0.343 e. The van der Waals surface area contributed by atoms with E-state index >= 15 is 0 Å². The zero-order valence-corrected chi connectivity index (χ0v) is 15.3. The average molecular weight is 347 g/mol. The van der Waals surface area contributed by atoms with E-state index in [1.807, 2.05) is 17.9 Å². The number of amides is 1. The molecule has 0 radical (unpaired) electrons. The maximum absolute atomic E-state index is 12.0. The van der Waals surface area contributed by atoms with Crippen molar-refractivity contribution in [2.24, 2.45) is 0 Å². The fourth-order valence-electron chi connectivity index (χ4n) is 4.00. The Labute approximate surface area is 154 Å². The summed E-state index contributed by atoms with van der Waals surface area (Å²) in [5.41, 5.74) is 3.55. The Balaban J connectivity index is 1.65. The van der Waals surface area contributed by atoms with Gasteiger partial charge >= 0.3 is 0 Å². The first-order chi connectivity index (χ1) is 12.8. The smallest absolute Gasteiger partial charge is 0.222 e. The summed E-state index contributed by atoms with van der Waals surface area (Å²) in [6.45, 7) is 3.62. The van der Waals surface area contributed by atoms with Gasteiger partial charge in [0.15, 0.2) is 0 Å². The second-order valence-corrected chi connectivity index (χ2v) is 7.01. The highest BCUT2D eigenvalue weighted by Gasteiger charge is 2.26. The molecule has 0 aliphatic carbocycles. The van der Waals surface area contributed by atoms with Crippen molar-refractivity contribution in [2.45, 2.75) is 38.6 Å². The van der Waals surface area contributed by atoms with Crippen LogP contribution in [0.25, 0.3) is 11.0 Å². The molecule has 2 aromatic carbocycles. The highest BCUT2D eigenvalue weighted by atomic mass is 16.2. The fraction of sp³-hybridized carbons (Fsp3) is 0.364. The molecule has 0 saturated carbocycles. The van der Waals surface area contributed by atoms with Crippen molar-refractivity contribution in [2.75, 3.05) is 13.1 Å². The van der Waals surface area contributed by atoms with Crippen LogP contribution >= 0.6 is 0 Å². The van der Waals surface area contributed by atoms with Crippen LogP contribution in [0.5, 0.6) is 0 Å². The van der Waals surface area contributed by atoms with Gasteiger partial charge in [-0.1, -0.05) is 49.4 Å². The molecule has 134 valence electrons. The van der Waals surface area contributed by atoms with Crippen LogP contribution in [0.15, 0.2) is 54.6 Å². The molecule has 4 nitrogen and oxygen atoms in total. The summed E-state index contributed by atoms with van der Waals surface area (Å²) < 4.78 is 2.43. The quantitative estimate of drug-likeness (QED) is 0.709. The van der Waals surface area contributed by atoms with Crippen LogP contribution in [0, 0.1) is 0 Å². The van der Waals surface area contributed by atoms with Crippen LogP contribution in [0.2, 0.25) is 0 Å². The van der Waals surface area contributed by atoms with Gasteiger partial charge in [0.2, 0.25) is 5.91 Å². The van der Waals surface area contributed by atoms with Gasteiger partial charge in [-0.2, -0.15) is 0 Å². The molecule has 1 aliphatic rings. The van der Waals surface area contributed by atoms with Gasteiger partial charge < -0.3 is 9.47 Å². The van der Waals surface area contributed by atoms with E-state index in [4.69, 9.17) is 4.98 Å². The molecule has 0 N–H and O–H groups in total. The molecule has 2 heterocycles. The number of benzene rings is 2. The number of hydrogen-bond donors (Lipinski definition) is 0. The predicted molar refractivity (Wildman–Crippen MR) is 104 cm³/mol.